The molecule has 0 aliphatic rings. The average molecular weight is 419 g/mol. The Morgan fingerprint density at radius 3 is 2.15 bits per heavy atom. The standard InChI is InChI=1S/C14H13Br2NO2S/c1-9-4-6-14(12(16)7-9)20(18,19)17-13-8-10(2)3-5-11(13)15/h3-8,17H,1-2H3. The van der Waals surface area contributed by atoms with Crippen molar-refractivity contribution in [3.8, 4) is 0 Å². The number of halogens is 2. The summed E-state index contributed by atoms with van der Waals surface area (Å²) in [5, 5.41) is 0. The maximum Gasteiger partial charge on any atom is 0.263 e. The van der Waals surface area contributed by atoms with Gasteiger partial charge in [-0.05, 0) is 81.1 Å². The lowest BCUT2D eigenvalue weighted by atomic mass is 10.2. The van der Waals surface area contributed by atoms with E-state index in [1.165, 1.54) is 0 Å². The normalized spacial score (nSPS) is 11.4. The summed E-state index contributed by atoms with van der Waals surface area (Å²) < 4.78 is 28.7. The zero-order valence-electron chi connectivity index (χ0n) is 10.9. The maximum absolute atomic E-state index is 12.4. The molecule has 2 rings (SSSR count). The second kappa shape index (κ2) is 5.87. The number of hydrogen-bond acceptors (Lipinski definition) is 2. The summed E-state index contributed by atoms with van der Waals surface area (Å²) >= 11 is 6.65. The van der Waals surface area contributed by atoms with Crippen LogP contribution < -0.4 is 4.72 Å². The Morgan fingerprint density at radius 2 is 1.50 bits per heavy atom. The molecular weight excluding hydrogens is 406 g/mol. The number of anilines is 1. The highest BCUT2D eigenvalue weighted by atomic mass is 79.9. The van der Waals surface area contributed by atoms with Crippen LogP contribution in [0.4, 0.5) is 5.69 Å². The van der Waals surface area contributed by atoms with Crippen molar-refractivity contribution in [1.82, 2.24) is 0 Å². The van der Waals surface area contributed by atoms with Crippen LogP contribution in [0.5, 0.6) is 0 Å². The maximum atomic E-state index is 12.4. The molecule has 0 saturated carbocycles. The van der Waals surface area contributed by atoms with Crippen LogP contribution in [0.2, 0.25) is 0 Å². The topological polar surface area (TPSA) is 46.2 Å². The predicted molar refractivity (Wildman–Crippen MR) is 88.6 cm³/mol. The average Bonchev–Trinajstić information content (AvgIpc) is 2.33. The smallest absolute Gasteiger partial charge is 0.263 e. The monoisotopic (exact) mass is 417 g/mol. The van der Waals surface area contributed by atoms with E-state index in [0.717, 1.165) is 11.1 Å². The molecule has 0 unspecified atom stereocenters. The molecule has 0 aliphatic heterocycles. The second-order valence-electron chi connectivity index (χ2n) is 4.52. The first-order valence-electron chi connectivity index (χ1n) is 5.85. The summed E-state index contributed by atoms with van der Waals surface area (Å²) in [7, 11) is -3.63. The molecule has 106 valence electrons. The Morgan fingerprint density at radius 1 is 0.900 bits per heavy atom. The van der Waals surface area contributed by atoms with Gasteiger partial charge in [0.2, 0.25) is 0 Å². The fourth-order valence-corrected chi connectivity index (χ4v) is 4.48. The van der Waals surface area contributed by atoms with E-state index in [2.05, 4.69) is 36.6 Å². The van der Waals surface area contributed by atoms with Crippen LogP contribution in [-0.4, -0.2) is 8.42 Å². The third-order valence-electron chi connectivity index (χ3n) is 2.74. The molecule has 0 heterocycles. The largest absolute Gasteiger partial charge is 0.278 e. The zero-order chi connectivity index (χ0) is 14.9. The Labute approximate surface area is 135 Å². The summed E-state index contributed by atoms with van der Waals surface area (Å²) in [5.41, 5.74) is 2.50. The van der Waals surface area contributed by atoms with E-state index in [-0.39, 0.29) is 4.90 Å². The lowest BCUT2D eigenvalue weighted by Crippen LogP contribution is -2.14. The minimum atomic E-state index is -3.63. The van der Waals surface area contributed by atoms with Crippen LogP contribution in [0.3, 0.4) is 0 Å². The van der Waals surface area contributed by atoms with Gasteiger partial charge in [0, 0.05) is 8.95 Å². The number of hydrogen-bond donors (Lipinski definition) is 1. The minimum Gasteiger partial charge on any atom is -0.278 e. The molecule has 0 spiro atoms. The van der Waals surface area contributed by atoms with Crippen molar-refractivity contribution in [2.45, 2.75) is 18.7 Å². The summed E-state index contributed by atoms with van der Waals surface area (Å²) in [6, 6.07) is 10.6. The van der Waals surface area contributed by atoms with E-state index >= 15 is 0 Å². The summed E-state index contributed by atoms with van der Waals surface area (Å²) in [4.78, 5) is 0.219. The van der Waals surface area contributed by atoms with Crippen molar-refractivity contribution in [2.24, 2.45) is 0 Å². The summed E-state index contributed by atoms with van der Waals surface area (Å²) in [5.74, 6) is 0. The van der Waals surface area contributed by atoms with Gasteiger partial charge in [0.25, 0.3) is 10.0 Å². The van der Waals surface area contributed by atoms with Gasteiger partial charge in [0.05, 0.1) is 5.69 Å². The molecule has 1 N–H and O–H groups in total. The number of sulfonamides is 1. The number of nitrogens with one attached hydrogen (secondary N) is 1. The minimum absolute atomic E-state index is 0.219. The van der Waals surface area contributed by atoms with Gasteiger partial charge in [-0.2, -0.15) is 0 Å². The molecule has 2 aromatic carbocycles. The number of aryl methyl sites for hydroxylation is 2. The third-order valence-corrected chi connectivity index (χ3v) is 5.78. The van der Waals surface area contributed by atoms with Crippen LogP contribution in [0.1, 0.15) is 11.1 Å². The second-order valence-corrected chi connectivity index (χ2v) is 7.88. The van der Waals surface area contributed by atoms with E-state index < -0.39 is 10.0 Å². The van der Waals surface area contributed by atoms with Crippen LogP contribution in [0, 0.1) is 13.8 Å². The van der Waals surface area contributed by atoms with Gasteiger partial charge in [-0.3, -0.25) is 4.72 Å². The molecule has 2 aromatic rings. The van der Waals surface area contributed by atoms with E-state index in [1.54, 1.807) is 24.3 Å². The van der Waals surface area contributed by atoms with Crippen molar-refractivity contribution in [3.05, 3.63) is 56.5 Å². The Balaban J connectivity index is 2.43. The Hall–Kier alpha value is -0.850. The van der Waals surface area contributed by atoms with Gasteiger partial charge in [-0.25, -0.2) is 8.42 Å². The summed E-state index contributed by atoms with van der Waals surface area (Å²) in [6.45, 7) is 3.82. The molecule has 0 aliphatic carbocycles. The summed E-state index contributed by atoms with van der Waals surface area (Å²) in [6.07, 6.45) is 0. The molecule has 3 nitrogen and oxygen atoms in total. The third kappa shape index (κ3) is 3.42. The van der Waals surface area contributed by atoms with E-state index in [4.69, 9.17) is 0 Å². The van der Waals surface area contributed by atoms with Crippen molar-refractivity contribution in [3.63, 3.8) is 0 Å². The lowest BCUT2D eigenvalue weighted by molar-refractivity contribution is 0.600. The molecular formula is C14H13Br2NO2S. The van der Waals surface area contributed by atoms with Gasteiger partial charge in [-0.15, -0.1) is 0 Å². The van der Waals surface area contributed by atoms with Crippen LogP contribution >= 0.6 is 31.9 Å². The molecule has 0 radical (unpaired) electrons. The Kier molecular flexibility index (Phi) is 4.56. The van der Waals surface area contributed by atoms with Gasteiger partial charge in [0.15, 0.2) is 0 Å². The molecule has 0 aromatic heterocycles. The Bertz CT molecular complexity index is 758. The van der Waals surface area contributed by atoms with Crippen molar-refractivity contribution in [2.75, 3.05) is 4.72 Å². The highest BCUT2D eigenvalue weighted by Gasteiger charge is 2.18. The highest BCUT2D eigenvalue weighted by Crippen LogP contribution is 2.29. The van der Waals surface area contributed by atoms with Crippen molar-refractivity contribution in [1.29, 1.82) is 0 Å². The van der Waals surface area contributed by atoms with Crippen molar-refractivity contribution < 1.29 is 8.42 Å². The number of rotatable bonds is 3. The fourth-order valence-electron chi connectivity index (χ4n) is 1.74. The van der Waals surface area contributed by atoms with Crippen LogP contribution in [0.15, 0.2) is 50.2 Å². The molecule has 0 bridgehead atoms. The molecule has 0 amide bonds. The SMILES string of the molecule is Cc1ccc(S(=O)(=O)Nc2cc(C)ccc2Br)c(Br)c1. The molecule has 6 heteroatoms. The van der Waals surface area contributed by atoms with Crippen molar-refractivity contribution >= 4 is 47.6 Å². The van der Waals surface area contributed by atoms with Gasteiger partial charge >= 0.3 is 0 Å². The molecule has 0 atom stereocenters. The van der Waals surface area contributed by atoms with E-state index in [0.29, 0.717) is 14.6 Å². The fraction of sp³-hybridized carbons (Fsp3) is 0.143. The molecule has 0 fully saturated rings. The zero-order valence-corrected chi connectivity index (χ0v) is 14.9. The van der Waals surface area contributed by atoms with Gasteiger partial charge < -0.3 is 0 Å². The van der Waals surface area contributed by atoms with E-state index in [9.17, 15) is 8.42 Å². The van der Waals surface area contributed by atoms with Gasteiger partial charge in [0.1, 0.15) is 4.90 Å². The van der Waals surface area contributed by atoms with E-state index in [1.807, 2.05) is 26.0 Å². The molecule has 20 heavy (non-hydrogen) atoms. The predicted octanol–water partition coefficient (Wildman–Crippen LogP) is 4.63. The first kappa shape index (κ1) is 15.5. The highest BCUT2D eigenvalue weighted by molar-refractivity contribution is 9.11. The van der Waals surface area contributed by atoms with Crippen LogP contribution in [0.25, 0.3) is 0 Å². The first-order valence-corrected chi connectivity index (χ1v) is 8.91. The molecule has 0 saturated heterocycles. The number of benzene rings is 2. The van der Waals surface area contributed by atoms with Gasteiger partial charge in [-0.1, -0.05) is 12.1 Å². The lowest BCUT2D eigenvalue weighted by Gasteiger charge is -2.12. The van der Waals surface area contributed by atoms with Crippen LogP contribution in [-0.2, 0) is 10.0 Å². The quantitative estimate of drug-likeness (QED) is 0.789. The first-order chi connectivity index (χ1) is 9.29.